The van der Waals surface area contributed by atoms with Gasteiger partial charge in [-0.25, -0.2) is 0 Å². The van der Waals surface area contributed by atoms with Crippen LogP contribution in [0.2, 0.25) is 0 Å². The van der Waals surface area contributed by atoms with Gasteiger partial charge in [-0.05, 0) is 23.6 Å². The summed E-state index contributed by atoms with van der Waals surface area (Å²) in [7, 11) is 0. The predicted octanol–water partition coefficient (Wildman–Crippen LogP) is 5.07. The third-order valence-corrected chi connectivity index (χ3v) is 3.34. The number of ether oxygens (including phenoxy) is 1. The van der Waals surface area contributed by atoms with Gasteiger partial charge in [0.1, 0.15) is 5.75 Å². The first kappa shape index (κ1) is 20.9. The number of Topliss-reactive ketones (excluding diaryl/α,β-unsaturated/α-hetero) is 1. The molecule has 9 heteroatoms. The van der Waals surface area contributed by atoms with Crippen LogP contribution in [0.3, 0.4) is 0 Å². The molecule has 0 heterocycles. The lowest BCUT2D eigenvalue weighted by Gasteiger charge is -2.16. The number of halogens is 6. The molecule has 1 rings (SSSR count). The zero-order chi connectivity index (χ0) is 19.4. The van der Waals surface area contributed by atoms with E-state index in [1.807, 2.05) is 13.8 Å². The fourth-order valence-corrected chi connectivity index (χ4v) is 1.76. The van der Waals surface area contributed by atoms with Crippen LogP contribution in [0, 0.1) is 5.92 Å². The van der Waals surface area contributed by atoms with Gasteiger partial charge in [0.25, 0.3) is 5.78 Å². The molecule has 3 nitrogen and oxygen atoms in total. The number of hydrogen-bond donors (Lipinski definition) is 1. The lowest BCUT2D eigenvalue weighted by molar-refractivity contribution is -0.165. The molecule has 1 aromatic carbocycles. The van der Waals surface area contributed by atoms with E-state index in [0.717, 1.165) is 24.6 Å². The Balaban J connectivity index is 3.36. The third-order valence-electron chi connectivity index (χ3n) is 3.34. The quantitative estimate of drug-likeness (QED) is 0.432. The van der Waals surface area contributed by atoms with Crippen molar-refractivity contribution in [1.29, 1.82) is 0 Å². The molecule has 140 valence electrons. The SMILES string of the molecule is CCC(C)COc1cccc(/C(C(=O)C(F)(F)F)=C(/O)C(F)(F)F)c1. The van der Waals surface area contributed by atoms with E-state index in [4.69, 9.17) is 4.74 Å². The minimum atomic E-state index is -5.58. The van der Waals surface area contributed by atoms with Crippen molar-refractivity contribution in [3.63, 3.8) is 0 Å². The van der Waals surface area contributed by atoms with Crippen molar-refractivity contribution in [3.8, 4) is 5.75 Å². The van der Waals surface area contributed by atoms with Crippen LogP contribution in [0.5, 0.6) is 5.75 Å². The van der Waals surface area contributed by atoms with Crippen LogP contribution in [0.4, 0.5) is 26.3 Å². The van der Waals surface area contributed by atoms with Crippen LogP contribution in [0.1, 0.15) is 25.8 Å². The Labute approximate surface area is 139 Å². The summed E-state index contributed by atoms with van der Waals surface area (Å²) in [5, 5.41) is 9.17. The van der Waals surface area contributed by atoms with E-state index in [1.165, 1.54) is 6.07 Å². The van der Waals surface area contributed by atoms with E-state index >= 15 is 0 Å². The van der Waals surface area contributed by atoms with Crippen molar-refractivity contribution in [1.82, 2.24) is 0 Å². The Morgan fingerprint density at radius 2 is 1.76 bits per heavy atom. The van der Waals surface area contributed by atoms with Gasteiger partial charge in [-0.15, -0.1) is 0 Å². The number of carbonyl (C=O) groups excluding carboxylic acids is 1. The molecule has 1 aromatic rings. The number of allylic oxidation sites excluding steroid dienone is 2. The zero-order valence-corrected chi connectivity index (χ0v) is 13.3. The van der Waals surface area contributed by atoms with Gasteiger partial charge in [0.2, 0.25) is 5.76 Å². The van der Waals surface area contributed by atoms with Crippen molar-refractivity contribution in [2.45, 2.75) is 32.6 Å². The van der Waals surface area contributed by atoms with Crippen molar-refractivity contribution in [2.75, 3.05) is 6.61 Å². The molecule has 0 spiro atoms. The average Bonchev–Trinajstić information content (AvgIpc) is 2.51. The molecule has 1 atom stereocenters. The number of alkyl halides is 6. The molecule has 1 unspecified atom stereocenters. The summed E-state index contributed by atoms with van der Waals surface area (Å²) in [6, 6.07) is 4.17. The Hall–Kier alpha value is -2.19. The van der Waals surface area contributed by atoms with Gasteiger partial charge in [-0.1, -0.05) is 32.4 Å². The van der Waals surface area contributed by atoms with Gasteiger partial charge in [-0.3, -0.25) is 4.79 Å². The normalized spacial score (nSPS) is 14.7. The molecule has 1 N–H and O–H groups in total. The molecule has 0 aromatic heterocycles. The van der Waals surface area contributed by atoms with Crippen LogP contribution >= 0.6 is 0 Å². The third kappa shape index (κ3) is 5.68. The zero-order valence-electron chi connectivity index (χ0n) is 13.3. The maximum absolute atomic E-state index is 12.7. The summed E-state index contributed by atoms with van der Waals surface area (Å²) in [6.45, 7) is 3.92. The average molecular weight is 370 g/mol. The number of hydrogen-bond acceptors (Lipinski definition) is 3. The minimum Gasteiger partial charge on any atom is -0.504 e. The number of rotatable bonds is 6. The second kappa shape index (κ2) is 7.79. The van der Waals surface area contributed by atoms with Gasteiger partial charge in [0.05, 0.1) is 12.2 Å². The molecule has 0 saturated carbocycles. The standard InChI is InChI=1S/C16H16F6O3/c1-3-9(2)8-25-11-6-4-5-10(7-11)12(13(23)15(17,18)19)14(24)16(20,21)22/h4-7,9,23H,3,8H2,1-2H3/b13-12-. The molecule has 0 aliphatic carbocycles. The topological polar surface area (TPSA) is 46.5 Å². The minimum absolute atomic E-state index is 0.0137. The number of carbonyl (C=O) groups is 1. The highest BCUT2D eigenvalue weighted by Gasteiger charge is 2.47. The van der Waals surface area contributed by atoms with Crippen molar-refractivity contribution >= 4 is 11.4 Å². The molecular weight excluding hydrogens is 354 g/mol. The fraction of sp³-hybridized carbons (Fsp3) is 0.438. The van der Waals surface area contributed by atoms with Crippen LogP contribution in [-0.4, -0.2) is 29.8 Å². The Kier molecular flexibility index (Phi) is 6.50. The molecule has 0 aliphatic rings. The number of benzene rings is 1. The molecule has 25 heavy (non-hydrogen) atoms. The summed E-state index contributed by atoms with van der Waals surface area (Å²) >= 11 is 0. The smallest absolute Gasteiger partial charge is 0.455 e. The molecule has 0 saturated heterocycles. The Morgan fingerprint density at radius 3 is 2.24 bits per heavy atom. The van der Waals surface area contributed by atoms with Crippen LogP contribution < -0.4 is 4.74 Å². The second-order valence-electron chi connectivity index (χ2n) is 5.40. The number of aliphatic hydroxyl groups is 1. The van der Waals surface area contributed by atoms with Crippen molar-refractivity contribution < 1.29 is 41.0 Å². The lowest BCUT2D eigenvalue weighted by atomic mass is 9.99. The Bertz CT molecular complexity index is 646. The molecule has 0 fully saturated rings. The number of aliphatic hydroxyl groups excluding tert-OH is 1. The van der Waals surface area contributed by atoms with Crippen molar-refractivity contribution in [3.05, 3.63) is 35.6 Å². The summed E-state index contributed by atoms with van der Waals surface area (Å²) in [5.74, 6) is -5.30. The first-order chi connectivity index (χ1) is 11.4. The summed E-state index contributed by atoms with van der Waals surface area (Å²) in [6.07, 6.45) is -10.3. The summed E-state index contributed by atoms with van der Waals surface area (Å²) in [4.78, 5) is 11.4. The van der Waals surface area contributed by atoms with E-state index in [9.17, 15) is 36.2 Å². The van der Waals surface area contributed by atoms with Crippen molar-refractivity contribution in [2.24, 2.45) is 5.92 Å². The second-order valence-corrected chi connectivity index (χ2v) is 5.40. The van der Waals surface area contributed by atoms with Gasteiger partial charge in [-0.2, -0.15) is 26.3 Å². The van der Waals surface area contributed by atoms with E-state index in [0.29, 0.717) is 0 Å². The predicted molar refractivity (Wildman–Crippen MR) is 78.1 cm³/mol. The number of ketones is 1. The molecular formula is C16H16F6O3. The first-order valence-electron chi connectivity index (χ1n) is 7.23. The summed E-state index contributed by atoms with van der Waals surface area (Å²) in [5.41, 5.74) is -2.60. The highest BCUT2D eigenvalue weighted by atomic mass is 19.4. The van der Waals surface area contributed by atoms with Crippen LogP contribution in [0.15, 0.2) is 30.0 Å². The first-order valence-corrected chi connectivity index (χ1v) is 7.23. The van der Waals surface area contributed by atoms with Gasteiger partial charge in [0, 0.05) is 0 Å². The van der Waals surface area contributed by atoms with E-state index < -0.39 is 35.0 Å². The highest BCUT2D eigenvalue weighted by molar-refractivity contribution is 6.24. The largest absolute Gasteiger partial charge is 0.504 e. The van der Waals surface area contributed by atoms with Crippen LogP contribution in [-0.2, 0) is 4.79 Å². The lowest BCUT2D eigenvalue weighted by Crippen LogP contribution is -2.27. The van der Waals surface area contributed by atoms with E-state index in [-0.39, 0.29) is 18.3 Å². The van der Waals surface area contributed by atoms with E-state index in [2.05, 4.69) is 0 Å². The van der Waals surface area contributed by atoms with Gasteiger partial charge >= 0.3 is 12.4 Å². The maximum Gasteiger partial charge on any atom is 0.455 e. The molecule has 0 radical (unpaired) electrons. The molecule has 0 amide bonds. The van der Waals surface area contributed by atoms with Gasteiger partial charge < -0.3 is 9.84 Å². The maximum atomic E-state index is 12.7. The monoisotopic (exact) mass is 370 g/mol. The fourth-order valence-electron chi connectivity index (χ4n) is 1.76. The Morgan fingerprint density at radius 1 is 1.16 bits per heavy atom. The molecule has 0 bridgehead atoms. The molecule has 0 aliphatic heterocycles. The van der Waals surface area contributed by atoms with Gasteiger partial charge in [0.15, 0.2) is 0 Å². The van der Waals surface area contributed by atoms with E-state index in [1.54, 1.807) is 0 Å². The summed E-state index contributed by atoms with van der Waals surface area (Å²) < 4.78 is 81.2. The van der Waals surface area contributed by atoms with Crippen LogP contribution in [0.25, 0.3) is 5.57 Å². The highest BCUT2D eigenvalue weighted by Crippen LogP contribution is 2.36.